The van der Waals surface area contributed by atoms with Crippen molar-refractivity contribution in [3.63, 3.8) is 0 Å². The molecule has 1 atom stereocenters. The summed E-state index contributed by atoms with van der Waals surface area (Å²) in [6.45, 7) is 4.04. The Morgan fingerprint density at radius 1 is 1.26 bits per heavy atom. The molecule has 1 aromatic carbocycles. The van der Waals surface area contributed by atoms with E-state index >= 15 is 0 Å². The number of pyridine rings is 1. The average molecular weight is 257 g/mol. The summed E-state index contributed by atoms with van der Waals surface area (Å²) in [5.74, 6) is 1.57. The molecule has 0 radical (unpaired) electrons. The summed E-state index contributed by atoms with van der Waals surface area (Å²) < 4.78 is 5.15. The quantitative estimate of drug-likeness (QED) is 0.883. The standard InChI is InChI=1S/C15H19N3O/c1-10-8-14(16)15(17-9-10)18-11(2)12-4-6-13(19-3)7-5-12/h4-9,11H,16H2,1-3H3,(H,17,18). The molecule has 0 bridgehead atoms. The van der Waals surface area contributed by atoms with E-state index in [1.165, 1.54) is 0 Å². The molecule has 1 unspecified atom stereocenters. The number of nitrogens with zero attached hydrogens (tertiary/aromatic N) is 1. The summed E-state index contributed by atoms with van der Waals surface area (Å²) in [7, 11) is 1.66. The van der Waals surface area contributed by atoms with Crippen LogP contribution >= 0.6 is 0 Å². The van der Waals surface area contributed by atoms with Gasteiger partial charge in [-0.15, -0.1) is 0 Å². The molecule has 3 N–H and O–H groups in total. The summed E-state index contributed by atoms with van der Waals surface area (Å²) in [4.78, 5) is 4.32. The Morgan fingerprint density at radius 2 is 1.95 bits per heavy atom. The lowest BCUT2D eigenvalue weighted by atomic mass is 10.1. The van der Waals surface area contributed by atoms with Gasteiger partial charge in [0.2, 0.25) is 0 Å². The van der Waals surface area contributed by atoms with Gasteiger partial charge in [0.05, 0.1) is 18.8 Å². The number of aryl methyl sites for hydroxylation is 1. The number of benzene rings is 1. The highest BCUT2D eigenvalue weighted by Crippen LogP contribution is 2.24. The molecule has 100 valence electrons. The fourth-order valence-corrected chi connectivity index (χ4v) is 1.89. The summed E-state index contributed by atoms with van der Waals surface area (Å²) in [6, 6.07) is 9.99. The number of aromatic nitrogens is 1. The molecule has 4 nitrogen and oxygen atoms in total. The first-order valence-electron chi connectivity index (χ1n) is 6.22. The van der Waals surface area contributed by atoms with Gasteiger partial charge in [-0.05, 0) is 43.2 Å². The van der Waals surface area contributed by atoms with Crippen LogP contribution in [0, 0.1) is 6.92 Å². The van der Waals surface area contributed by atoms with Crippen LogP contribution in [-0.2, 0) is 0 Å². The number of nitrogen functional groups attached to an aromatic ring is 1. The topological polar surface area (TPSA) is 60.2 Å². The Balaban J connectivity index is 2.13. The van der Waals surface area contributed by atoms with E-state index in [9.17, 15) is 0 Å². The molecule has 0 aliphatic carbocycles. The number of nitrogens with one attached hydrogen (secondary N) is 1. The smallest absolute Gasteiger partial charge is 0.149 e. The van der Waals surface area contributed by atoms with Crippen LogP contribution in [0.1, 0.15) is 24.1 Å². The molecule has 1 aromatic heterocycles. The van der Waals surface area contributed by atoms with Crippen molar-refractivity contribution in [1.29, 1.82) is 0 Å². The second-order valence-corrected chi connectivity index (χ2v) is 4.59. The second kappa shape index (κ2) is 5.61. The zero-order valence-corrected chi connectivity index (χ0v) is 11.5. The largest absolute Gasteiger partial charge is 0.497 e. The van der Waals surface area contributed by atoms with Crippen molar-refractivity contribution in [2.24, 2.45) is 0 Å². The highest BCUT2D eigenvalue weighted by molar-refractivity contribution is 5.62. The van der Waals surface area contributed by atoms with Crippen molar-refractivity contribution in [1.82, 2.24) is 4.98 Å². The van der Waals surface area contributed by atoms with Crippen LogP contribution in [0.15, 0.2) is 36.5 Å². The summed E-state index contributed by atoms with van der Waals surface area (Å²) in [6.07, 6.45) is 1.80. The van der Waals surface area contributed by atoms with Gasteiger partial charge in [0.25, 0.3) is 0 Å². The SMILES string of the molecule is COc1ccc(C(C)Nc2ncc(C)cc2N)cc1. The van der Waals surface area contributed by atoms with Crippen LogP contribution in [0.3, 0.4) is 0 Å². The predicted molar refractivity (Wildman–Crippen MR) is 78.4 cm³/mol. The van der Waals surface area contributed by atoms with E-state index in [4.69, 9.17) is 10.5 Å². The van der Waals surface area contributed by atoms with Crippen molar-refractivity contribution in [3.8, 4) is 5.75 Å². The van der Waals surface area contributed by atoms with Gasteiger partial charge in [-0.3, -0.25) is 0 Å². The van der Waals surface area contributed by atoms with Crippen LogP contribution in [0.4, 0.5) is 11.5 Å². The minimum atomic E-state index is 0.128. The van der Waals surface area contributed by atoms with Crippen molar-refractivity contribution in [3.05, 3.63) is 47.7 Å². The van der Waals surface area contributed by atoms with Crippen molar-refractivity contribution in [2.75, 3.05) is 18.2 Å². The van der Waals surface area contributed by atoms with Crippen LogP contribution in [-0.4, -0.2) is 12.1 Å². The maximum Gasteiger partial charge on any atom is 0.149 e. The lowest BCUT2D eigenvalue weighted by molar-refractivity contribution is 0.414. The van der Waals surface area contributed by atoms with E-state index in [1.807, 2.05) is 37.3 Å². The molecule has 0 spiro atoms. The van der Waals surface area contributed by atoms with E-state index in [-0.39, 0.29) is 6.04 Å². The molecule has 2 aromatic rings. The van der Waals surface area contributed by atoms with Gasteiger partial charge in [-0.1, -0.05) is 12.1 Å². The monoisotopic (exact) mass is 257 g/mol. The number of ether oxygens (including phenoxy) is 1. The molecule has 19 heavy (non-hydrogen) atoms. The predicted octanol–water partition coefficient (Wildman–Crippen LogP) is 3.15. The van der Waals surface area contributed by atoms with Crippen LogP contribution in [0.5, 0.6) is 5.75 Å². The number of hydrogen-bond acceptors (Lipinski definition) is 4. The van der Waals surface area contributed by atoms with Gasteiger partial charge < -0.3 is 15.8 Å². The van der Waals surface area contributed by atoms with Crippen molar-refractivity contribution < 1.29 is 4.74 Å². The zero-order chi connectivity index (χ0) is 13.8. The van der Waals surface area contributed by atoms with Crippen molar-refractivity contribution >= 4 is 11.5 Å². The summed E-state index contributed by atoms with van der Waals surface area (Å²) in [5.41, 5.74) is 8.83. The number of hydrogen-bond donors (Lipinski definition) is 2. The fraction of sp³-hybridized carbons (Fsp3) is 0.267. The number of methoxy groups -OCH3 is 1. The molecular formula is C15H19N3O. The molecule has 0 saturated carbocycles. The minimum absolute atomic E-state index is 0.128. The Morgan fingerprint density at radius 3 is 2.53 bits per heavy atom. The Bertz CT molecular complexity index is 552. The van der Waals surface area contributed by atoms with Gasteiger partial charge in [0, 0.05) is 6.20 Å². The van der Waals surface area contributed by atoms with E-state index in [0.717, 1.165) is 16.9 Å². The Labute approximate surface area is 113 Å². The number of nitrogens with two attached hydrogens (primary N) is 1. The number of rotatable bonds is 4. The van der Waals surface area contributed by atoms with Gasteiger partial charge in [0.15, 0.2) is 0 Å². The first-order valence-corrected chi connectivity index (χ1v) is 6.22. The first kappa shape index (κ1) is 13.2. The van der Waals surface area contributed by atoms with Crippen LogP contribution in [0.25, 0.3) is 0 Å². The van der Waals surface area contributed by atoms with Gasteiger partial charge in [0.1, 0.15) is 11.6 Å². The normalized spacial score (nSPS) is 11.9. The van der Waals surface area contributed by atoms with E-state index in [1.54, 1.807) is 13.3 Å². The molecule has 0 saturated heterocycles. The molecular weight excluding hydrogens is 238 g/mol. The summed E-state index contributed by atoms with van der Waals surface area (Å²) >= 11 is 0. The molecule has 4 heteroatoms. The molecule has 2 rings (SSSR count). The maximum absolute atomic E-state index is 5.95. The maximum atomic E-state index is 5.95. The second-order valence-electron chi connectivity index (χ2n) is 4.59. The molecule has 0 fully saturated rings. The van der Waals surface area contributed by atoms with Crippen LogP contribution in [0.2, 0.25) is 0 Å². The van der Waals surface area contributed by atoms with Crippen molar-refractivity contribution in [2.45, 2.75) is 19.9 Å². The molecule has 0 aliphatic rings. The summed E-state index contributed by atoms with van der Waals surface area (Å²) in [5, 5.41) is 3.31. The Hall–Kier alpha value is -2.23. The molecule has 0 amide bonds. The third kappa shape index (κ3) is 3.16. The number of anilines is 2. The highest BCUT2D eigenvalue weighted by Gasteiger charge is 2.08. The lowest BCUT2D eigenvalue weighted by Gasteiger charge is -2.16. The molecule has 1 heterocycles. The highest BCUT2D eigenvalue weighted by atomic mass is 16.5. The third-order valence-corrected chi connectivity index (χ3v) is 3.02. The van der Waals surface area contributed by atoms with E-state index in [2.05, 4.69) is 17.2 Å². The molecule has 0 aliphatic heterocycles. The van der Waals surface area contributed by atoms with Gasteiger partial charge in [-0.2, -0.15) is 0 Å². The lowest BCUT2D eigenvalue weighted by Crippen LogP contribution is -2.10. The third-order valence-electron chi connectivity index (χ3n) is 3.02. The minimum Gasteiger partial charge on any atom is -0.497 e. The zero-order valence-electron chi connectivity index (χ0n) is 11.5. The van der Waals surface area contributed by atoms with E-state index < -0.39 is 0 Å². The van der Waals surface area contributed by atoms with Gasteiger partial charge >= 0.3 is 0 Å². The van der Waals surface area contributed by atoms with Gasteiger partial charge in [-0.25, -0.2) is 4.98 Å². The average Bonchev–Trinajstić information content (AvgIpc) is 2.42. The fourth-order valence-electron chi connectivity index (χ4n) is 1.89. The Kier molecular flexibility index (Phi) is 3.90. The van der Waals surface area contributed by atoms with Crippen LogP contribution < -0.4 is 15.8 Å². The van der Waals surface area contributed by atoms with E-state index in [0.29, 0.717) is 11.5 Å². The first-order chi connectivity index (χ1) is 9.10.